The number of aromatic nitrogens is 3. The van der Waals surface area contributed by atoms with Gasteiger partial charge in [0, 0.05) is 53.6 Å². The highest BCUT2D eigenvalue weighted by molar-refractivity contribution is 5.92. The number of benzene rings is 1. The number of nitrogens with zero attached hydrogens (tertiary/aromatic N) is 4. The van der Waals surface area contributed by atoms with Crippen LogP contribution in [-0.2, 0) is 11.3 Å². The maximum absolute atomic E-state index is 13.0. The number of piperidine rings is 1. The van der Waals surface area contributed by atoms with Crippen molar-refractivity contribution >= 4 is 16.8 Å². The number of hydrogen-bond acceptors (Lipinski definition) is 5. The molecule has 0 radical (unpaired) electrons. The second-order valence-corrected chi connectivity index (χ2v) is 11.3. The van der Waals surface area contributed by atoms with E-state index in [9.17, 15) is 4.79 Å². The number of amides is 1. The van der Waals surface area contributed by atoms with Gasteiger partial charge in [-0.3, -0.25) is 14.7 Å². The summed E-state index contributed by atoms with van der Waals surface area (Å²) in [4.78, 5) is 25.3. The third kappa shape index (κ3) is 5.53. The predicted molar refractivity (Wildman–Crippen MR) is 151 cm³/mol. The van der Waals surface area contributed by atoms with Gasteiger partial charge in [-0.25, -0.2) is 0 Å². The van der Waals surface area contributed by atoms with Crippen LogP contribution in [0.3, 0.4) is 0 Å². The lowest BCUT2D eigenvalue weighted by molar-refractivity contribution is -0.133. The number of H-pyrrole nitrogens is 1. The molecule has 5 rings (SSSR count). The van der Waals surface area contributed by atoms with Crippen LogP contribution in [0.1, 0.15) is 72.5 Å². The number of likely N-dealkylation sites (tertiary alicyclic amines) is 1. The number of likely N-dealkylation sites (N-methyl/N-ethyl adjacent to an activating group) is 1. The van der Waals surface area contributed by atoms with E-state index >= 15 is 0 Å². The molecule has 1 N–H and O–H groups in total. The van der Waals surface area contributed by atoms with Crippen LogP contribution < -0.4 is 0 Å². The lowest BCUT2D eigenvalue weighted by Gasteiger charge is -2.33. The smallest absolute Gasteiger partial charge is 0.236 e. The Morgan fingerprint density at radius 2 is 1.82 bits per heavy atom. The molecule has 1 fully saturated rings. The Balaban J connectivity index is 1.28. The van der Waals surface area contributed by atoms with Crippen LogP contribution >= 0.6 is 0 Å². The molecule has 200 valence electrons. The highest BCUT2D eigenvalue weighted by Gasteiger charge is 2.26. The first-order valence-electron chi connectivity index (χ1n) is 13.7. The first-order chi connectivity index (χ1) is 18.2. The molecule has 38 heavy (non-hydrogen) atoms. The van der Waals surface area contributed by atoms with Crippen LogP contribution in [0.5, 0.6) is 0 Å². The van der Waals surface area contributed by atoms with E-state index in [1.165, 1.54) is 33.3 Å². The average molecular weight is 514 g/mol. The summed E-state index contributed by atoms with van der Waals surface area (Å²) in [6.07, 6.45) is 1.97. The minimum Gasteiger partial charge on any atom is -0.361 e. The van der Waals surface area contributed by atoms with Gasteiger partial charge in [0.25, 0.3) is 0 Å². The first kappa shape index (κ1) is 26.2. The second-order valence-electron chi connectivity index (χ2n) is 11.3. The second kappa shape index (κ2) is 10.7. The van der Waals surface area contributed by atoms with Gasteiger partial charge in [-0.2, -0.15) is 0 Å². The summed E-state index contributed by atoms with van der Waals surface area (Å²) >= 11 is 0. The molecule has 7 nitrogen and oxygen atoms in total. The summed E-state index contributed by atoms with van der Waals surface area (Å²) in [6.45, 7) is 13.1. The molecule has 1 saturated heterocycles. The van der Waals surface area contributed by atoms with Gasteiger partial charge in [0.2, 0.25) is 5.91 Å². The Morgan fingerprint density at radius 1 is 1.11 bits per heavy atom. The summed E-state index contributed by atoms with van der Waals surface area (Å²) in [5.41, 5.74) is 9.25. The maximum Gasteiger partial charge on any atom is 0.236 e. The maximum atomic E-state index is 13.0. The quantitative estimate of drug-likeness (QED) is 0.323. The van der Waals surface area contributed by atoms with E-state index in [2.05, 4.69) is 73.2 Å². The molecule has 0 spiro atoms. The van der Waals surface area contributed by atoms with Crippen molar-refractivity contribution in [2.45, 2.75) is 65.8 Å². The van der Waals surface area contributed by atoms with Gasteiger partial charge < -0.3 is 14.4 Å². The zero-order valence-electron chi connectivity index (χ0n) is 23.5. The molecule has 1 aliphatic heterocycles. The number of pyridine rings is 1. The largest absolute Gasteiger partial charge is 0.361 e. The Hall–Kier alpha value is -3.45. The SMILES string of the molecule is Cc1cc(-c2[nH]c3ccc(C4CCN(C(=O)CN(C)Cc5cc(C)on5)CC4)cc3c2C(C)C)cc(C)n1. The van der Waals surface area contributed by atoms with Crippen LogP contribution in [0.15, 0.2) is 40.9 Å². The molecule has 0 bridgehead atoms. The van der Waals surface area contributed by atoms with Gasteiger partial charge in [-0.05, 0) is 87.9 Å². The molecule has 4 heterocycles. The number of fused-ring (bicyclic) bond motifs is 1. The molecule has 4 aromatic rings. The van der Waals surface area contributed by atoms with Crippen LogP contribution in [0.25, 0.3) is 22.2 Å². The fourth-order valence-electron chi connectivity index (χ4n) is 5.91. The van der Waals surface area contributed by atoms with Crippen molar-refractivity contribution in [1.29, 1.82) is 0 Å². The molecule has 1 aliphatic rings. The summed E-state index contributed by atoms with van der Waals surface area (Å²) in [7, 11) is 1.95. The minimum absolute atomic E-state index is 0.182. The number of carbonyl (C=O) groups is 1. The summed E-state index contributed by atoms with van der Waals surface area (Å²) < 4.78 is 5.14. The Labute approximate surface area is 225 Å². The number of hydrogen-bond donors (Lipinski definition) is 1. The van der Waals surface area contributed by atoms with Crippen LogP contribution in [0.2, 0.25) is 0 Å². The molecular formula is C31H39N5O2. The van der Waals surface area contributed by atoms with E-state index < -0.39 is 0 Å². The number of aryl methyl sites for hydroxylation is 3. The molecule has 0 unspecified atom stereocenters. The molecule has 1 aromatic carbocycles. The lowest BCUT2D eigenvalue weighted by atomic mass is 9.87. The zero-order valence-corrected chi connectivity index (χ0v) is 23.5. The summed E-state index contributed by atoms with van der Waals surface area (Å²) in [6, 6.07) is 13.1. The van der Waals surface area contributed by atoms with Gasteiger partial charge in [-0.1, -0.05) is 25.1 Å². The van der Waals surface area contributed by atoms with Gasteiger partial charge in [0.1, 0.15) is 5.76 Å². The number of aromatic amines is 1. The molecule has 7 heteroatoms. The van der Waals surface area contributed by atoms with Crippen molar-refractivity contribution in [3.8, 4) is 11.3 Å². The monoisotopic (exact) mass is 513 g/mol. The normalized spacial score (nSPS) is 14.8. The van der Waals surface area contributed by atoms with E-state index in [-0.39, 0.29) is 5.91 Å². The number of carbonyl (C=O) groups excluding carboxylic acids is 1. The molecule has 1 amide bonds. The van der Waals surface area contributed by atoms with Crippen molar-refractivity contribution in [3.63, 3.8) is 0 Å². The topological polar surface area (TPSA) is 78.3 Å². The predicted octanol–water partition coefficient (Wildman–Crippen LogP) is 6.10. The highest BCUT2D eigenvalue weighted by Crippen LogP contribution is 2.38. The first-order valence-corrected chi connectivity index (χ1v) is 13.7. The molecular weight excluding hydrogens is 474 g/mol. The van der Waals surface area contributed by atoms with Crippen LogP contribution in [0, 0.1) is 20.8 Å². The molecule has 0 saturated carbocycles. The van der Waals surface area contributed by atoms with Crippen molar-refractivity contribution in [3.05, 3.63) is 70.4 Å². The van der Waals surface area contributed by atoms with Crippen LogP contribution in [-0.4, -0.2) is 57.5 Å². The van der Waals surface area contributed by atoms with E-state index in [1.54, 1.807) is 0 Å². The highest BCUT2D eigenvalue weighted by atomic mass is 16.5. The van der Waals surface area contributed by atoms with Gasteiger partial charge in [0.15, 0.2) is 0 Å². The fraction of sp³-hybridized carbons (Fsp3) is 0.452. The fourth-order valence-corrected chi connectivity index (χ4v) is 5.91. The van der Waals surface area contributed by atoms with Gasteiger partial charge >= 0.3 is 0 Å². The Bertz CT molecular complexity index is 1420. The van der Waals surface area contributed by atoms with E-state index in [0.29, 0.717) is 24.9 Å². The van der Waals surface area contributed by atoms with Crippen molar-refractivity contribution in [2.24, 2.45) is 0 Å². The minimum atomic E-state index is 0.182. The number of nitrogens with one attached hydrogen (secondary N) is 1. The summed E-state index contributed by atoms with van der Waals surface area (Å²) in [5.74, 6) is 1.82. The van der Waals surface area contributed by atoms with E-state index in [4.69, 9.17) is 4.52 Å². The van der Waals surface area contributed by atoms with Crippen molar-refractivity contribution < 1.29 is 9.32 Å². The lowest BCUT2D eigenvalue weighted by Crippen LogP contribution is -2.42. The summed E-state index contributed by atoms with van der Waals surface area (Å²) in [5, 5.41) is 5.35. The van der Waals surface area contributed by atoms with Crippen molar-refractivity contribution in [1.82, 2.24) is 24.9 Å². The van der Waals surface area contributed by atoms with Gasteiger partial charge in [0.05, 0.1) is 17.9 Å². The third-order valence-electron chi connectivity index (χ3n) is 7.64. The Kier molecular flexibility index (Phi) is 7.39. The van der Waals surface area contributed by atoms with E-state index in [0.717, 1.165) is 48.8 Å². The van der Waals surface area contributed by atoms with Crippen molar-refractivity contribution in [2.75, 3.05) is 26.7 Å². The standard InChI is InChI=1S/C31H39N5O2/c1-19(2)30-27-16-24(7-8-28(27)33-31(30)25-13-20(3)32-21(4)14-25)23-9-11-36(12-10-23)29(37)18-35(6)17-26-15-22(5)38-34-26/h7-8,13-16,19,23,33H,9-12,17-18H2,1-6H3. The molecule has 3 aromatic heterocycles. The van der Waals surface area contributed by atoms with E-state index in [1.807, 2.05) is 29.8 Å². The Morgan fingerprint density at radius 3 is 2.45 bits per heavy atom. The van der Waals surface area contributed by atoms with Crippen LogP contribution in [0.4, 0.5) is 0 Å². The molecule has 0 atom stereocenters. The zero-order chi connectivity index (χ0) is 27.0. The number of rotatable bonds is 7. The molecule has 0 aliphatic carbocycles. The average Bonchev–Trinajstić information content (AvgIpc) is 3.46. The third-order valence-corrected chi connectivity index (χ3v) is 7.64. The van der Waals surface area contributed by atoms with Gasteiger partial charge in [-0.15, -0.1) is 0 Å².